The smallest absolute Gasteiger partial charge is 0.168 e. The van der Waals surface area contributed by atoms with Gasteiger partial charge in [-0.25, -0.2) is 0 Å². The Morgan fingerprint density at radius 1 is 1.50 bits per heavy atom. The van der Waals surface area contributed by atoms with Gasteiger partial charge in [-0.2, -0.15) is 0 Å². The first kappa shape index (κ1) is 14.2. The van der Waals surface area contributed by atoms with Crippen LogP contribution in [0.1, 0.15) is 11.7 Å². The first-order chi connectivity index (χ1) is 8.56. The minimum absolute atomic E-state index is 0.0548. The van der Waals surface area contributed by atoms with Crippen LogP contribution in [0.2, 0.25) is 0 Å². The molecule has 1 aromatic carbocycles. The van der Waals surface area contributed by atoms with Gasteiger partial charge in [0.1, 0.15) is 6.10 Å². The Balaban J connectivity index is 2.93. The van der Waals surface area contributed by atoms with E-state index in [1.54, 1.807) is 24.3 Å². The van der Waals surface area contributed by atoms with Gasteiger partial charge in [-0.1, -0.05) is 23.3 Å². The van der Waals surface area contributed by atoms with Crippen molar-refractivity contribution in [3.63, 3.8) is 0 Å². The maximum absolute atomic E-state index is 9.95. The highest BCUT2D eigenvalue weighted by Crippen LogP contribution is 2.25. The van der Waals surface area contributed by atoms with Gasteiger partial charge < -0.3 is 21.3 Å². The number of aliphatic hydroxyl groups is 2. The summed E-state index contributed by atoms with van der Waals surface area (Å²) in [6.07, 6.45) is -2.40. The van der Waals surface area contributed by atoms with Crippen LogP contribution in [0.25, 0.3) is 10.4 Å². The van der Waals surface area contributed by atoms with Crippen LogP contribution in [0, 0.1) is 0 Å². The largest absolute Gasteiger partial charge is 0.390 e. The van der Waals surface area contributed by atoms with Gasteiger partial charge in [-0.15, -0.1) is 0 Å². The molecular weight excluding hydrogens is 254 g/mol. The van der Waals surface area contributed by atoms with Crippen molar-refractivity contribution in [3.8, 4) is 0 Å². The molecule has 0 bridgehead atoms. The normalized spacial score (nSPS) is 13.2. The lowest BCUT2D eigenvalue weighted by molar-refractivity contribution is 0.0248. The molecule has 18 heavy (non-hydrogen) atoms. The van der Waals surface area contributed by atoms with Crippen molar-refractivity contribution in [1.29, 1.82) is 0 Å². The predicted molar refractivity (Wildman–Crippen MR) is 71.8 cm³/mol. The van der Waals surface area contributed by atoms with Crippen LogP contribution in [-0.4, -0.2) is 28.0 Å². The lowest BCUT2D eigenvalue weighted by Crippen LogP contribution is -2.24. The fourth-order valence-electron chi connectivity index (χ4n) is 1.43. The highest BCUT2D eigenvalue weighted by atomic mass is 32.1. The molecule has 0 fully saturated rings. The zero-order valence-corrected chi connectivity index (χ0v) is 10.2. The van der Waals surface area contributed by atoms with Crippen LogP contribution in [0.5, 0.6) is 0 Å². The Labute approximate surface area is 109 Å². The summed E-state index contributed by atoms with van der Waals surface area (Å²) in [5, 5.41) is 25.6. The number of anilines is 1. The second-order valence-electron chi connectivity index (χ2n) is 3.50. The minimum Gasteiger partial charge on any atom is -0.390 e. The Hall–Kier alpha value is -1.86. The van der Waals surface area contributed by atoms with Gasteiger partial charge in [-0.3, -0.25) is 0 Å². The third-order valence-electron chi connectivity index (χ3n) is 2.23. The lowest BCUT2D eigenvalue weighted by Gasteiger charge is -2.19. The van der Waals surface area contributed by atoms with Gasteiger partial charge in [-0.05, 0) is 23.8 Å². The van der Waals surface area contributed by atoms with E-state index in [0.29, 0.717) is 11.3 Å². The topological polar surface area (TPSA) is 127 Å². The molecule has 0 radical (unpaired) electrons. The van der Waals surface area contributed by atoms with E-state index < -0.39 is 12.2 Å². The first-order valence-electron chi connectivity index (χ1n) is 5.08. The van der Waals surface area contributed by atoms with Crippen LogP contribution in [0.15, 0.2) is 29.4 Å². The van der Waals surface area contributed by atoms with Crippen LogP contribution in [0.3, 0.4) is 0 Å². The molecule has 0 heterocycles. The highest BCUT2D eigenvalue weighted by molar-refractivity contribution is 7.80. The number of thiocarbonyl (C=S) groups is 1. The van der Waals surface area contributed by atoms with E-state index in [1.807, 2.05) is 0 Å². The summed E-state index contributed by atoms with van der Waals surface area (Å²) in [6.45, 7) is -0.223. The molecule has 96 valence electrons. The number of para-hydroxylation sites is 1. The molecule has 1 aromatic rings. The van der Waals surface area contributed by atoms with Gasteiger partial charge in [0.2, 0.25) is 0 Å². The third kappa shape index (κ3) is 3.86. The number of rotatable bonds is 5. The summed E-state index contributed by atoms with van der Waals surface area (Å²) >= 11 is 4.72. The van der Waals surface area contributed by atoms with E-state index in [1.165, 1.54) is 0 Å². The van der Waals surface area contributed by atoms with Gasteiger partial charge >= 0.3 is 0 Å². The van der Waals surface area contributed by atoms with Gasteiger partial charge in [0.15, 0.2) is 5.11 Å². The summed E-state index contributed by atoms with van der Waals surface area (Å²) in [4.78, 5) is 2.52. The second kappa shape index (κ2) is 6.77. The number of nitrogens with one attached hydrogen (secondary N) is 1. The van der Waals surface area contributed by atoms with Crippen LogP contribution < -0.4 is 11.1 Å². The summed E-state index contributed by atoms with van der Waals surface area (Å²) < 4.78 is 0. The molecule has 1 rings (SSSR count). The molecular formula is C10H13N5O2S. The van der Waals surface area contributed by atoms with Crippen molar-refractivity contribution in [2.75, 3.05) is 11.9 Å². The Bertz CT molecular complexity index is 475. The average molecular weight is 267 g/mol. The highest BCUT2D eigenvalue weighted by Gasteiger charge is 2.20. The maximum Gasteiger partial charge on any atom is 0.168 e. The Kier molecular flexibility index (Phi) is 5.34. The SMILES string of the molecule is [N-]=[N+]=NCC(O)C(O)c1ccccc1NC(N)=S. The molecule has 0 spiro atoms. The van der Waals surface area contributed by atoms with Gasteiger partial charge in [0, 0.05) is 16.2 Å². The van der Waals surface area contributed by atoms with E-state index in [9.17, 15) is 10.2 Å². The molecule has 0 aliphatic heterocycles. The number of hydrogen-bond donors (Lipinski definition) is 4. The molecule has 2 atom stereocenters. The number of hydrogen-bond acceptors (Lipinski definition) is 4. The molecule has 5 N–H and O–H groups in total. The van der Waals surface area contributed by atoms with Crippen molar-refractivity contribution in [3.05, 3.63) is 40.3 Å². The zero-order chi connectivity index (χ0) is 13.5. The van der Waals surface area contributed by atoms with Crippen LogP contribution in [0.4, 0.5) is 5.69 Å². The Morgan fingerprint density at radius 3 is 2.78 bits per heavy atom. The molecule has 0 aliphatic carbocycles. The molecule has 0 saturated carbocycles. The summed E-state index contributed by atoms with van der Waals surface area (Å²) in [5.41, 5.74) is 14.4. The zero-order valence-electron chi connectivity index (χ0n) is 9.39. The van der Waals surface area contributed by atoms with Crippen molar-refractivity contribution < 1.29 is 10.2 Å². The summed E-state index contributed by atoms with van der Waals surface area (Å²) in [7, 11) is 0. The number of nitrogens with zero attached hydrogens (tertiary/aromatic N) is 3. The standard InChI is InChI=1S/C10H13N5O2S/c11-10(18)14-7-4-2-1-3-6(7)9(17)8(16)5-13-15-12/h1-4,8-9,16-17H,5H2,(H3,11,14,18). The number of nitrogens with two attached hydrogens (primary N) is 1. The molecule has 0 aliphatic rings. The van der Waals surface area contributed by atoms with Crippen LogP contribution >= 0.6 is 12.2 Å². The van der Waals surface area contributed by atoms with E-state index in [-0.39, 0.29) is 11.7 Å². The molecule has 2 unspecified atom stereocenters. The first-order valence-corrected chi connectivity index (χ1v) is 5.49. The van der Waals surface area contributed by atoms with Gasteiger partial charge in [0.05, 0.1) is 12.6 Å². The van der Waals surface area contributed by atoms with E-state index in [2.05, 4.69) is 15.3 Å². The maximum atomic E-state index is 9.95. The third-order valence-corrected chi connectivity index (χ3v) is 2.34. The lowest BCUT2D eigenvalue weighted by atomic mass is 10.0. The number of aliphatic hydroxyl groups excluding tert-OH is 2. The molecule has 0 aromatic heterocycles. The van der Waals surface area contributed by atoms with Gasteiger partial charge in [0.25, 0.3) is 0 Å². The number of azide groups is 1. The molecule has 8 heteroatoms. The van der Waals surface area contributed by atoms with E-state index >= 15 is 0 Å². The van der Waals surface area contributed by atoms with E-state index in [4.69, 9.17) is 23.5 Å². The minimum atomic E-state index is -1.20. The fraction of sp³-hybridized carbons (Fsp3) is 0.300. The molecule has 0 amide bonds. The van der Waals surface area contributed by atoms with Crippen molar-refractivity contribution >= 4 is 23.0 Å². The average Bonchev–Trinajstić information content (AvgIpc) is 2.35. The van der Waals surface area contributed by atoms with Crippen molar-refractivity contribution in [1.82, 2.24) is 0 Å². The summed E-state index contributed by atoms with van der Waals surface area (Å²) in [5.74, 6) is 0. The monoisotopic (exact) mass is 267 g/mol. The quantitative estimate of drug-likeness (QED) is 0.274. The summed E-state index contributed by atoms with van der Waals surface area (Å²) in [6, 6.07) is 6.71. The Morgan fingerprint density at radius 2 is 2.17 bits per heavy atom. The van der Waals surface area contributed by atoms with Crippen molar-refractivity contribution in [2.45, 2.75) is 12.2 Å². The van der Waals surface area contributed by atoms with E-state index in [0.717, 1.165) is 0 Å². The number of benzene rings is 1. The van der Waals surface area contributed by atoms with Crippen molar-refractivity contribution in [2.24, 2.45) is 10.8 Å². The van der Waals surface area contributed by atoms with Crippen LogP contribution in [-0.2, 0) is 0 Å². The predicted octanol–water partition coefficient (Wildman–Crippen LogP) is 1.05. The second-order valence-corrected chi connectivity index (χ2v) is 3.94. The molecule has 7 nitrogen and oxygen atoms in total. The fourth-order valence-corrected chi connectivity index (χ4v) is 1.54. The molecule has 0 saturated heterocycles.